The van der Waals surface area contributed by atoms with Gasteiger partial charge in [-0.1, -0.05) is 13.8 Å². The number of hydrogen-bond acceptors (Lipinski definition) is 6. The highest BCUT2D eigenvalue weighted by atomic mass is 32.1. The maximum atomic E-state index is 12.6. The van der Waals surface area contributed by atoms with Crippen LogP contribution < -0.4 is 15.8 Å². The van der Waals surface area contributed by atoms with Crippen molar-refractivity contribution in [1.29, 1.82) is 0 Å². The second kappa shape index (κ2) is 9.24. The summed E-state index contributed by atoms with van der Waals surface area (Å²) in [7, 11) is 0. The van der Waals surface area contributed by atoms with Gasteiger partial charge in [-0.15, -0.1) is 11.3 Å². The van der Waals surface area contributed by atoms with E-state index in [0.717, 1.165) is 17.7 Å². The third-order valence-corrected chi connectivity index (χ3v) is 4.78. The van der Waals surface area contributed by atoms with Gasteiger partial charge in [0.2, 0.25) is 0 Å². The molecule has 0 radical (unpaired) electrons. The highest BCUT2D eigenvalue weighted by Crippen LogP contribution is 2.30. The first-order valence-electron chi connectivity index (χ1n) is 8.63. The van der Waals surface area contributed by atoms with Gasteiger partial charge in [0, 0.05) is 10.4 Å². The van der Waals surface area contributed by atoms with Crippen LogP contribution in [0.3, 0.4) is 0 Å². The average molecular weight is 376 g/mol. The van der Waals surface area contributed by atoms with Crippen LogP contribution in [0.15, 0.2) is 24.3 Å². The monoisotopic (exact) mass is 376 g/mol. The molecule has 1 aromatic heterocycles. The maximum absolute atomic E-state index is 12.6. The summed E-state index contributed by atoms with van der Waals surface area (Å²) in [5, 5.41) is 3.27. The molecule has 0 aliphatic carbocycles. The van der Waals surface area contributed by atoms with Crippen LogP contribution in [0.4, 0.5) is 10.7 Å². The van der Waals surface area contributed by atoms with Crippen LogP contribution in [0.25, 0.3) is 0 Å². The third kappa shape index (κ3) is 4.76. The Labute approximate surface area is 157 Å². The summed E-state index contributed by atoms with van der Waals surface area (Å²) in [5.74, 6) is -0.227. The molecule has 0 spiro atoms. The zero-order valence-corrected chi connectivity index (χ0v) is 16.1. The Balaban J connectivity index is 2.20. The summed E-state index contributed by atoms with van der Waals surface area (Å²) in [6.45, 7) is 6.58. The van der Waals surface area contributed by atoms with E-state index in [1.165, 1.54) is 11.3 Å². The van der Waals surface area contributed by atoms with Crippen LogP contribution in [-0.4, -0.2) is 25.1 Å². The van der Waals surface area contributed by atoms with E-state index in [2.05, 4.69) is 5.32 Å². The van der Waals surface area contributed by atoms with E-state index >= 15 is 0 Å². The summed E-state index contributed by atoms with van der Waals surface area (Å²) >= 11 is 1.37. The normalized spacial score (nSPS) is 10.4. The molecule has 1 amide bonds. The lowest BCUT2D eigenvalue weighted by Gasteiger charge is -2.10. The molecule has 1 heterocycles. The van der Waals surface area contributed by atoms with Crippen molar-refractivity contribution in [3.63, 3.8) is 0 Å². The molecule has 1 aromatic carbocycles. The minimum Gasteiger partial charge on any atom is -0.491 e. The summed E-state index contributed by atoms with van der Waals surface area (Å²) < 4.78 is 10.6. The van der Waals surface area contributed by atoms with Crippen molar-refractivity contribution in [1.82, 2.24) is 0 Å². The van der Waals surface area contributed by atoms with Crippen molar-refractivity contribution < 1.29 is 19.1 Å². The molecule has 0 saturated carbocycles. The first-order chi connectivity index (χ1) is 12.5. The summed E-state index contributed by atoms with van der Waals surface area (Å²) in [6.07, 6.45) is 1.64. The highest BCUT2D eigenvalue weighted by molar-refractivity contribution is 7.16. The van der Waals surface area contributed by atoms with Gasteiger partial charge in [-0.25, -0.2) is 4.79 Å². The SMILES string of the molecule is CCCOc1ccc(C(=O)Nc2sc(CC)cc2C(=O)OCC)cc1N. The first-order valence-corrected chi connectivity index (χ1v) is 9.45. The number of benzene rings is 1. The van der Waals surface area contributed by atoms with Gasteiger partial charge < -0.3 is 20.5 Å². The quantitative estimate of drug-likeness (QED) is 0.534. The second-order valence-corrected chi connectivity index (χ2v) is 6.72. The number of ether oxygens (including phenoxy) is 2. The van der Waals surface area contributed by atoms with Gasteiger partial charge in [-0.3, -0.25) is 4.79 Å². The number of esters is 1. The fourth-order valence-electron chi connectivity index (χ4n) is 2.28. The van der Waals surface area contributed by atoms with E-state index < -0.39 is 5.97 Å². The van der Waals surface area contributed by atoms with E-state index in [-0.39, 0.29) is 12.5 Å². The second-order valence-electron chi connectivity index (χ2n) is 5.58. The fourth-order valence-corrected chi connectivity index (χ4v) is 3.26. The standard InChI is InChI=1S/C19H24N2O4S/c1-4-9-25-16-8-7-12(10-15(16)20)17(22)21-18-14(19(23)24-6-3)11-13(5-2)26-18/h7-8,10-11H,4-6,9,20H2,1-3H3,(H,21,22). The van der Waals surface area contributed by atoms with Crippen molar-refractivity contribution in [2.45, 2.75) is 33.6 Å². The van der Waals surface area contributed by atoms with Gasteiger partial charge in [0.25, 0.3) is 5.91 Å². The molecule has 26 heavy (non-hydrogen) atoms. The predicted octanol–water partition coefficient (Wildman–Crippen LogP) is 4.11. The van der Waals surface area contributed by atoms with Crippen LogP contribution in [0.2, 0.25) is 0 Å². The van der Waals surface area contributed by atoms with Gasteiger partial charge in [0.1, 0.15) is 10.8 Å². The maximum Gasteiger partial charge on any atom is 0.341 e. The number of nitrogens with one attached hydrogen (secondary N) is 1. The average Bonchev–Trinajstić information content (AvgIpc) is 3.04. The van der Waals surface area contributed by atoms with Crippen LogP contribution in [-0.2, 0) is 11.2 Å². The van der Waals surface area contributed by atoms with Gasteiger partial charge in [0.15, 0.2) is 0 Å². The Morgan fingerprint density at radius 3 is 2.58 bits per heavy atom. The Hall–Kier alpha value is -2.54. The van der Waals surface area contributed by atoms with Crippen LogP contribution in [0, 0.1) is 0 Å². The zero-order valence-electron chi connectivity index (χ0n) is 15.3. The molecule has 2 rings (SSSR count). The van der Waals surface area contributed by atoms with Gasteiger partial charge in [-0.05, 0) is 44.0 Å². The Morgan fingerprint density at radius 1 is 1.19 bits per heavy atom. The molecule has 6 nitrogen and oxygen atoms in total. The Morgan fingerprint density at radius 2 is 1.96 bits per heavy atom. The zero-order chi connectivity index (χ0) is 19.1. The molecule has 3 N–H and O–H groups in total. The molecular weight excluding hydrogens is 352 g/mol. The molecule has 140 valence electrons. The van der Waals surface area contributed by atoms with Crippen molar-refractivity contribution in [2.24, 2.45) is 0 Å². The lowest BCUT2D eigenvalue weighted by molar-refractivity contribution is 0.0528. The van der Waals surface area contributed by atoms with Crippen molar-refractivity contribution in [3.05, 3.63) is 40.3 Å². The van der Waals surface area contributed by atoms with E-state index in [1.807, 2.05) is 13.8 Å². The topological polar surface area (TPSA) is 90.6 Å². The number of hydrogen-bond donors (Lipinski definition) is 2. The lowest BCUT2D eigenvalue weighted by atomic mass is 10.1. The number of anilines is 2. The number of rotatable bonds is 8. The molecule has 0 aliphatic rings. The van der Waals surface area contributed by atoms with Crippen LogP contribution in [0.1, 0.15) is 52.8 Å². The largest absolute Gasteiger partial charge is 0.491 e. The smallest absolute Gasteiger partial charge is 0.341 e. The van der Waals surface area contributed by atoms with E-state index in [0.29, 0.717) is 34.2 Å². The van der Waals surface area contributed by atoms with Gasteiger partial charge >= 0.3 is 5.97 Å². The molecule has 0 unspecified atom stereocenters. The first kappa shape index (κ1) is 19.8. The predicted molar refractivity (Wildman–Crippen MR) is 104 cm³/mol. The molecule has 0 atom stereocenters. The molecule has 0 bridgehead atoms. The van der Waals surface area contributed by atoms with Gasteiger partial charge in [0.05, 0.1) is 24.5 Å². The Kier molecular flexibility index (Phi) is 7.03. The molecule has 7 heteroatoms. The number of nitrogen functional groups attached to an aromatic ring is 1. The van der Waals surface area contributed by atoms with E-state index in [4.69, 9.17) is 15.2 Å². The number of carbonyl (C=O) groups is 2. The minimum atomic E-state index is -0.443. The summed E-state index contributed by atoms with van der Waals surface area (Å²) in [6, 6.07) is 6.65. The highest BCUT2D eigenvalue weighted by Gasteiger charge is 2.19. The van der Waals surface area contributed by atoms with Crippen LogP contribution >= 0.6 is 11.3 Å². The molecule has 2 aromatic rings. The molecule has 0 saturated heterocycles. The fraction of sp³-hybridized carbons (Fsp3) is 0.368. The number of thiophene rings is 1. The minimum absolute atomic E-state index is 0.277. The number of nitrogens with two attached hydrogens (primary N) is 1. The summed E-state index contributed by atoms with van der Waals surface area (Å²) in [5.41, 5.74) is 7.13. The third-order valence-electron chi connectivity index (χ3n) is 3.59. The lowest BCUT2D eigenvalue weighted by Crippen LogP contribution is -2.14. The number of amides is 1. The van der Waals surface area contributed by atoms with Gasteiger partial charge in [-0.2, -0.15) is 0 Å². The molecule has 0 aliphatic heterocycles. The number of carbonyl (C=O) groups excluding carboxylic acids is 2. The number of aryl methyl sites for hydroxylation is 1. The molecular formula is C19H24N2O4S. The van der Waals surface area contributed by atoms with Crippen LogP contribution in [0.5, 0.6) is 5.75 Å². The molecule has 0 fully saturated rings. The van der Waals surface area contributed by atoms with Crippen molar-refractivity contribution in [2.75, 3.05) is 24.3 Å². The van der Waals surface area contributed by atoms with E-state index in [9.17, 15) is 9.59 Å². The van der Waals surface area contributed by atoms with Crippen molar-refractivity contribution >= 4 is 33.9 Å². The summed E-state index contributed by atoms with van der Waals surface area (Å²) in [4.78, 5) is 25.7. The van der Waals surface area contributed by atoms with E-state index in [1.54, 1.807) is 31.2 Å². The Bertz CT molecular complexity index is 786. The van der Waals surface area contributed by atoms with Crippen molar-refractivity contribution in [3.8, 4) is 5.75 Å².